The average molecular weight is 330 g/mol. The van der Waals surface area contributed by atoms with E-state index in [1.54, 1.807) is 26.8 Å². The van der Waals surface area contributed by atoms with Gasteiger partial charge in [0.05, 0.1) is 5.56 Å². The Morgan fingerprint density at radius 1 is 1.26 bits per heavy atom. The van der Waals surface area contributed by atoms with Crippen molar-refractivity contribution >= 4 is 17.9 Å². The highest BCUT2D eigenvalue weighted by Gasteiger charge is 2.30. The summed E-state index contributed by atoms with van der Waals surface area (Å²) >= 11 is 0. The van der Waals surface area contributed by atoms with Crippen LogP contribution in [0, 0.1) is 0 Å². The number of carbonyl (C=O) groups excluding carboxylic acids is 1. The second-order valence-electron chi connectivity index (χ2n) is 6.01. The van der Waals surface area contributed by atoms with Gasteiger partial charge in [-0.15, -0.1) is 0 Å². The number of anilines is 1. The Hall–Kier alpha value is -2.18. The molecule has 3 N–H and O–H groups in total. The van der Waals surface area contributed by atoms with Gasteiger partial charge in [-0.1, -0.05) is 12.2 Å². The molecule has 1 amide bonds. The second kappa shape index (κ2) is 7.39. The number of nitrogens with one attached hydrogen (secondary N) is 1. The van der Waals surface area contributed by atoms with Crippen LogP contribution in [-0.4, -0.2) is 18.2 Å². The zero-order chi connectivity index (χ0) is 17.7. The van der Waals surface area contributed by atoms with Crippen molar-refractivity contribution in [1.82, 2.24) is 5.32 Å². The van der Waals surface area contributed by atoms with Crippen molar-refractivity contribution in [2.75, 3.05) is 12.3 Å². The summed E-state index contributed by atoms with van der Waals surface area (Å²) in [5.74, 6) is 0. The number of nitrogens with two attached hydrogens (primary N) is 1. The Morgan fingerprint density at radius 3 is 2.48 bits per heavy atom. The van der Waals surface area contributed by atoms with Gasteiger partial charge in [-0.2, -0.15) is 13.2 Å². The van der Waals surface area contributed by atoms with E-state index in [4.69, 9.17) is 10.5 Å². The molecular weight excluding hydrogens is 309 g/mol. The quantitative estimate of drug-likeness (QED) is 0.642. The van der Waals surface area contributed by atoms with Crippen LogP contribution in [0.5, 0.6) is 0 Å². The summed E-state index contributed by atoms with van der Waals surface area (Å²) in [5, 5.41) is 2.56. The van der Waals surface area contributed by atoms with Crippen LogP contribution in [0.1, 0.15) is 38.3 Å². The topological polar surface area (TPSA) is 64.3 Å². The number of rotatable bonds is 4. The van der Waals surface area contributed by atoms with Crippen LogP contribution in [-0.2, 0) is 10.9 Å². The number of hydrogen-bond donors (Lipinski definition) is 2. The van der Waals surface area contributed by atoms with Crippen molar-refractivity contribution < 1.29 is 22.7 Å². The van der Waals surface area contributed by atoms with E-state index in [9.17, 15) is 18.0 Å². The van der Waals surface area contributed by atoms with Gasteiger partial charge in [0.2, 0.25) is 0 Å². The molecule has 0 aromatic heterocycles. The van der Waals surface area contributed by atoms with Crippen molar-refractivity contribution in [3.8, 4) is 0 Å². The van der Waals surface area contributed by atoms with Gasteiger partial charge in [0.25, 0.3) is 0 Å². The fraction of sp³-hybridized carbons (Fsp3) is 0.438. The lowest BCUT2D eigenvalue weighted by atomic mass is 10.1. The minimum Gasteiger partial charge on any atom is -0.444 e. The molecule has 1 aromatic carbocycles. The smallest absolute Gasteiger partial charge is 0.416 e. The molecule has 4 nitrogen and oxygen atoms in total. The summed E-state index contributed by atoms with van der Waals surface area (Å²) in [6, 6.07) is 3.36. The Kier molecular flexibility index (Phi) is 6.06. The molecule has 0 aliphatic carbocycles. The van der Waals surface area contributed by atoms with E-state index in [0.29, 0.717) is 18.5 Å². The third-order valence-electron chi connectivity index (χ3n) is 2.59. The molecule has 7 heteroatoms. The predicted molar refractivity (Wildman–Crippen MR) is 83.7 cm³/mol. The maximum absolute atomic E-state index is 12.7. The number of alkyl halides is 3. The summed E-state index contributed by atoms with van der Waals surface area (Å²) in [4.78, 5) is 11.4. The Bertz CT molecular complexity index is 576. The molecule has 0 saturated heterocycles. The summed E-state index contributed by atoms with van der Waals surface area (Å²) in [5.41, 5.74) is 4.52. The maximum atomic E-state index is 12.7. The first-order valence-corrected chi connectivity index (χ1v) is 7.08. The molecule has 0 atom stereocenters. The van der Waals surface area contributed by atoms with Crippen LogP contribution < -0.4 is 11.1 Å². The molecule has 1 aromatic rings. The number of carbonyl (C=O) groups is 1. The van der Waals surface area contributed by atoms with E-state index in [-0.39, 0.29) is 5.69 Å². The van der Waals surface area contributed by atoms with Crippen LogP contribution in [0.4, 0.5) is 23.7 Å². The van der Waals surface area contributed by atoms with E-state index in [2.05, 4.69) is 5.32 Å². The molecule has 0 spiro atoms. The third-order valence-corrected chi connectivity index (χ3v) is 2.59. The van der Waals surface area contributed by atoms with Gasteiger partial charge in [0.1, 0.15) is 5.60 Å². The minimum absolute atomic E-state index is 0.0476. The lowest BCUT2D eigenvalue weighted by molar-refractivity contribution is -0.137. The normalized spacial score (nSPS) is 12.4. The molecule has 0 heterocycles. The van der Waals surface area contributed by atoms with Gasteiger partial charge in [-0.05, 0) is 51.0 Å². The lowest BCUT2D eigenvalue weighted by Gasteiger charge is -2.19. The lowest BCUT2D eigenvalue weighted by Crippen LogP contribution is -2.32. The highest BCUT2D eigenvalue weighted by molar-refractivity contribution is 5.67. The zero-order valence-corrected chi connectivity index (χ0v) is 13.3. The minimum atomic E-state index is -4.43. The van der Waals surface area contributed by atoms with Gasteiger partial charge in [0, 0.05) is 12.2 Å². The van der Waals surface area contributed by atoms with Crippen LogP contribution in [0.3, 0.4) is 0 Å². The Balaban J connectivity index is 2.53. The summed E-state index contributed by atoms with van der Waals surface area (Å²) < 4.78 is 43.1. The molecule has 0 bridgehead atoms. The standard InChI is InChI=1S/C16H21F3N2O2/c1-15(2,3)23-14(22)21-7-5-4-6-11-8-12(16(17,18)19)10-13(20)9-11/h4,6,8-10H,5,7,20H2,1-3H3,(H,21,22). The first-order valence-electron chi connectivity index (χ1n) is 7.08. The largest absolute Gasteiger partial charge is 0.444 e. The van der Waals surface area contributed by atoms with Crippen molar-refractivity contribution in [2.24, 2.45) is 0 Å². The first-order chi connectivity index (χ1) is 10.5. The molecular formula is C16H21F3N2O2. The Labute approximate surface area is 133 Å². The van der Waals surface area contributed by atoms with E-state index in [1.165, 1.54) is 12.1 Å². The number of halogens is 3. The fourth-order valence-corrected chi connectivity index (χ4v) is 1.73. The van der Waals surface area contributed by atoms with Crippen molar-refractivity contribution in [3.63, 3.8) is 0 Å². The van der Waals surface area contributed by atoms with Crippen LogP contribution >= 0.6 is 0 Å². The third kappa shape index (κ3) is 7.58. The molecule has 0 unspecified atom stereocenters. The summed E-state index contributed by atoms with van der Waals surface area (Å²) in [6.07, 6.45) is -1.32. The second-order valence-corrected chi connectivity index (χ2v) is 6.01. The molecule has 1 rings (SSSR count). The number of alkyl carbamates (subject to hydrolysis) is 1. The van der Waals surface area contributed by atoms with E-state index in [0.717, 1.165) is 12.1 Å². The van der Waals surface area contributed by atoms with Gasteiger partial charge in [0.15, 0.2) is 0 Å². The highest BCUT2D eigenvalue weighted by atomic mass is 19.4. The number of ether oxygens (including phenoxy) is 1. The van der Waals surface area contributed by atoms with Crippen molar-refractivity contribution in [1.29, 1.82) is 0 Å². The molecule has 0 fully saturated rings. The molecule has 23 heavy (non-hydrogen) atoms. The molecule has 0 radical (unpaired) electrons. The maximum Gasteiger partial charge on any atom is 0.416 e. The van der Waals surface area contributed by atoms with Gasteiger partial charge < -0.3 is 15.8 Å². The van der Waals surface area contributed by atoms with Crippen LogP contribution in [0.25, 0.3) is 6.08 Å². The van der Waals surface area contributed by atoms with Crippen LogP contribution in [0.15, 0.2) is 24.3 Å². The predicted octanol–water partition coefficient (Wildman–Crippen LogP) is 4.22. The molecule has 0 aliphatic rings. The van der Waals surface area contributed by atoms with E-state index >= 15 is 0 Å². The monoisotopic (exact) mass is 330 g/mol. The zero-order valence-electron chi connectivity index (χ0n) is 13.3. The van der Waals surface area contributed by atoms with Gasteiger partial charge in [-0.3, -0.25) is 0 Å². The van der Waals surface area contributed by atoms with Crippen molar-refractivity contribution in [3.05, 3.63) is 35.4 Å². The van der Waals surface area contributed by atoms with Crippen molar-refractivity contribution in [2.45, 2.75) is 39.0 Å². The Morgan fingerprint density at radius 2 is 1.91 bits per heavy atom. The fourth-order valence-electron chi connectivity index (χ4n) is 1.73. The molecule has 128 valence electrons. The molecule has 0 saturated carbocycles. The van der Waals surface area contributed by atoms with Crippen LogP contribution in [0.2, 0.25) is 0 Å². The number of hydrogen-bond acceptors (Lipinski definition) is 3. The van der Waals surface area contributed by atoms with E-state index in [1.807, 2.05) is 0 Å². The number of amides is 1. The summed E-state index contributed by atoms with van der Waals surface area (Å²) in [7, 11) is 0. The summed E-state index contributed by atoms with van der Waals surface area (Å²) in [6.45, 7) is 5.58. The van der Waals surface area contributed by atoms with Gasteiger partial charge in [-0.25, -0.2) is 4.79 Å². The van der Waals surface area contributed by atoms with Gasteiger partial charge >= 0.3 is 12.3 Å². The number of benzene rings is 1. The molecule has 0 aliphatic heterocycles. The SMILES string of the molecule is CC(C)(C)OC(=O)NCCC=Cc1cc(N)cc(C(F)(F)F)c1. The average Bonchev–Trinajstić information content (AvgIpc) is 2.34. The van der Waals surface area contributed by atoms with E-state index < -0.39 is 23.4 Å². The number of nitrogen functional groups attached to an aromatic ring is 1. The first kappa shape index (κ1) is 18.9. The highest BCUT2D eigenvalue weighted by Crippen LogP contribution is 2.31.